The van der Waals surface area contributed by atoms with Crippen molar-refractivity contribution in [2.24, 2.45) is 0 Å². The molecule has 0 bridgehead atoms. The number of furan rings is 1. The lowest BCUT2D eigenvalue weighted by atomic mass is 10.0. The van der Waals surface area contributed by atoms with Crippen molar-refractivity contribution in [1.29, 1.82) is 0 Å². The van der Waals surface area contributed by atoms with Crippen molar-refractivity contribution in [3.05, 3.63) is 23.2 Å². The Kier molecular flexibility index (Phi) is 4.49. The topological polar surface area (TPSA) is 136 Å². The zero-order chi connectivity index (χ0) is 17.1. The summed E-state index contributed by atoms with van der Waals surface area (Å²) >= 11 is 0. The smallest absolute Gasteiger partial charge is 0.377 e. The number of carbonyl (C=O) groups excluding carboxylic acids is 2. The summed E-state index contributed by atoms with van der Waals surface area (Å²) in [6.45, 7) is 0. The molecular weight excluding hydrogens is 310 g/mol. The molecule has 122 valence electrons. The molecule has 0 unspecified atom stereocenters. The van der Waals surface area contributed by atoms with Crippen molar-refractivity contribution in [2.75, 3.05) is 14.2 Å². The van der Waals surface area contributed by atoms with E-state index in [1.54, 1.807) is 0 Å². The molecule has 2 N–H and O–H groups in total. The largest absolute Gasteiger partial charge is 0.504 e. The van der Waals surface area contributed by atoms with E-state index in [2.05, 4.69) is 14.5 Å². The second-order valence-electron chi connectivity index (χ2n) is 4.48. The number of nitrogens with zero attached hydrogens (tertiary/aromatic N) is 1. The zero-order valence-electron chi connectivity index (χ0n) is 12.3. The highest BCUT2D eigenvalue weighted by Crippen LogP contribution is 2.36. The van der Waals surface area contributed by atoms with Crippen LogP contribution in [0.25, 0.3) is 11.0 Å². The highest BCUT2D eigenvalue weighted by molar-refractivity contribution is 6.09. The Bertz CT molecular complexity index is 792. The van der Waals surface area contributed by atoms with Gasteiger partial charge in [0, 0.05) is 6.42 Å². The van der Waals surface area contributed by atoms with Crippen LogP contribution in [0.15, 0.2) is 10.6 Å². The maximum absolute atomic E-state index is 12.0. The summed E-state index contributed by atoms with van der Waals surface area (Å²) in [5.74, 6) is -3.91. The molecule has 0 aliphatic heterocycles. The van der Waals surface area contributed by atoms with Gasteiger partial charge in [-0.15, -0.1) is 0 Å². The second-order valence-corrected chi connectivity index (χ2v) is 4.48. The predicted molar refractivity (Wildman–Crippen MR) is 74.3 cm³/mol. The standard InChI is InChI=1S/C14H13NO8/c1-21-13(19)9-6(3-4-8(16)17)15-5-7-10(9)11(18)12(23-7)14(20)22-2/h5,18H,3-4H2,1-2H3,(H,16,17). The van der Waals surface area contributed by atoms with E-state index < -0.39 is 29.4 Å². The van der Waals surface area contributed by atoms with Crippen LogP contribution in [0.2, 0.25) is 0 Å². The lowest BCUT2D eigenvalue weighted by Gasteiger charge is -2.07. The first-order valence-electron chi connectivity index (χ1n) is 6.42. The normalized spacial score (nSPS) is 10.5. The minimum Gasteiger partial charge on any atom is -0.504 e. The van der Waals surface area contributed by atoms with Crippen molar-refractivity contribution < 1.29 is 38.5 Å². The van der Waals surface area contributed by atoms with E-state index in [0.29, 0.717) is 0 Å². The molecule has 23 heavy (non-hydrogen) atoms. The zero-order valence-corrected chi connectivity index (χ0v) is 12.3. The number of fused-ring (bicyclic) bond motifs is 1. The molecule has 0 aromatic carbocycles. The Morgan fingerprint density at radius 1 is 1.22 bits per heavy atom. The van der Waals surface area contributed by atoms with Crippen LogP contribution in [0.3, 0.4) is 0 Å². The Morgan fingerprint density at radius 3 is 2.43 bits per heavy atom. The average Bonchev–Trinajstić information content (AvgIpc) is 2.88. The molecule has 0 amide bonds. The summed E-state index contributed by atoms with van der Waals surface area (Å²) in [6.07, 6.45) is 0.851. The fourth-order valence-corrected chi connectivity index (χ4v) is 2.09. The minimum absolute atomic E-state index is 0.0256. The molecule has 9 nitrogen and oxygen atoms in total. The molecule has 9 heteroatoms. The Balaban J connectivity index is 2.69. The van der Waals surface area contributed by atoms with Crippen LogP contribution >= 0.6 is 0 Å². The summed E-state index contributed by atoms with van der Waals surface area (Å²) in [5.41, 5.74) is -0.0655. The van der Waals surface area contributed by atoms with Gasteiger partial charge in [0.25, 0.3) is 5.76 Å². The number of methoxy groups -OCH3 is 2. The van der Waals surface area contributed by atoms with Crippen LogP contribution in [-0.2, 0) is 20.7 Å². The van der Waals surface area contributed by atoms with E-state index in [1.807, 2.05) is 0 Å². The number of ether oxygens (including phenoxy) is 2. The van der Waals surface area contributed by atoms with Crippen LogP contribution in [-0.4, -0.2) is 47.3 Å². The van der Waals surface area contributed by atoms with Crippen molar-refractivity contribution in [3.63, 3.8) is 0 Å². The minimum atomic E-state index is -1.07. The maximum atomic E-state index is 12.0. The summed E-state index contributed by atoms with van der Waals surface area (Å²) in [5, 5.41) is 18.9. The second kappa shape index (κ2) is 6.34. The van der Waals surface area contributed by atoms with Crippen LogP contribution in [0, 0.1) is 0 Å². The number of aliphatic carboxylic acids is 1. The molecule has 0 saturated heterocycles. The van der Waals surface area contributed by atoms with Crippen molar-refractivity contribution in [3.8, 4) is 5.75 Å². The number of hydrogen-bond donors (Lipinski definition) is 2. The third-order valence-electron chi connectivity index (χ3n) is 3.12. The van der Waals surface area contributed by atoms with Gasteiger partial charge in [-0.25, -0.2) is 9.59 Å². The number of pyridine rings is 1. The summed E-state index contributed by atoms with van der Waals surface area (Å²) in [7, 11) is 2.23. The molecule has 0 radical (unpaired) electrons. The van der Waals surface area contributed by atoms with E-state index in [1.165, 1.54) is 6.20 Å². The SMILES string of the molecule is COC(=O)c1oc2cnc(CCC(=O)O)c(C(=O)OC)c2c1O. The Hall–Kier alpha value is -3.10. The molecule has 2 rings (SSSR count). The van der Waals surface area contributed by atoms with Gasteiger partial charge in [-0.1, -0.05) is 0 Å². The van der Waals surface area contributed by atoms with Gasteiger partial charge < -0.3 is 24.1 Å². The number of carboxylic acid groups (broad SMARTS) is 1. The molecule has 0 fully saturated rings. The first-order chi connectivity index (χ1) is 10.9. The molecular formula is C14H13NO8. The van der Waals surface area contributed by atoms with Gasteiger partial charge in [-0.3, -0.25) is 9.78 Å². The third kappa shape index (κ3) is 2.93. The average molecular weight is 323 g/mol. The van der Waals surface area contributed by atoms with E-state index in [0.717, 1.165) is 14.2 Å². The van der Waals surface area contributed by atoms with Gasteiger partial charge in [0.15, 0.2) is 11.3 Å². The summed E-state index contributed by atoms with van der Waals surface area (Å²) in [6, 6.07) is 0. The lowest BCUT2D eigenvalue weighted by molar-refractivity contribution is -0.137. The molecule has 0 atom stereocenters. The quantitative estimate of drug-likeness (QED) is 0.775. The summed E-state index contributed by atoms with van der Waals surface area (Å²) in [4.78, 5) is 38.3. The van der Waals surface area contributed by atoms with E-state index in [4.69, 9.17) is 9.52 Å². The van der Waals surface area contributed by atoms with Gasteiger partial charge >= 0.3 is 17.9 Å². The highest BCUT2D eigenvalue weighted by Gasteiger charge is 2.28. The fraction of sp³-hybridized carbons (Fsp3) is 0.286. The third-order valence-corrected chi connectivity index (χ3v) is 3.12. The van der Waals surface area contributed by atoms with Crippen LogP contribution in [0.1, 0.15) is 33.0 Å². The number of aromatic hydroxyl groups is 1. The number of hydrogen-bond acceptors (Lipinski definition) is 8. The van der Waals surface area contributed by atoms with Crippen LogP contribution in [0.4, 0.5) is 0 Å². The Labute approximate surface area is 129 Å². The number of rotatable bonds is 5. The van der Waals surface area contributed by atoms with E-state index in [9.17, 15) is 19.5 Å². The van der Waals surface area contributed by atoms with Gasteiger partial charge in [-0.2, -0.15) is 0 Å². The van der Waals surface area contributed by atoms with Gasteiger partial charge in [0.05, 0.1) is 43.5 Å². The lowest BCUT2D eigenvalue weighted by Crippen LogP contribution is -2.10. The summed E-state index contributed by atoms with van der Waals surface area (Å²) < 4.78 is 14.3. The number of carboxylic acids is 1. The van der Waals surface area contributed by atoms with E-state index in [-0.39, 0.29) is 35.1 Å². The van der Waals surface area contributed by atoms with Gasteiger partial charge in [-0.05, 0) is 0 Å². The molecule has 0 aliphatic rings. The first-order valence-corrected chi connectivity index (χ1v) is 6.42. The Morgan fingerprint density at radius 2 is 1.87 bits per heavy atom. The number of esters is 2. The van der Waals surface area contributed by atoms with Crippen molar-refractivity contribution in [1.82, 2.24) is 4.98 Å². The van der Waals surface area contributed by atoms with Crippen molar-refractivity contribution in [2.45, 2.75) is 12.8 Å². The van der Waals surface area contributed by atoms with E-state index >= 15 is 0 Å². The van der Waals surface area contributed by atoms with Crippen LogP contribution in [0.5, 0.6) is 5.75 Å². The molecule has 2 heterocycles. The van der Waals surface area contributed by atoms with Crippen LogP contribution < -0.4 is 0 Å². The first kappa shape index (κ1) is 16.3. The number of carbonyl (C=O) groups is 3. The molecule has 0 aliphatic carbocycles. The molecule has 0 spiro atoms. The van der Waals surface area contributed by atoms with Gasteiger partial charge in [0.2, 0.25) is 0 Å². The molecule has 0 saturated carbocycles. The molecule has 2 aromatic rings. The highest BCUT2D eigenvalue weighted by atomic mass is 16.5. The van der Waals surface area contributed by atoms with Gasteiger partial charge in [0.1, 0.15) is 0 Å². The monoisotopic (exact) mass is 323 g/mol. The number of aromatic nitrogens is 1. The fourth-order valence-electron chi connectivity index (χ4n) is 2.09. The van der Waals surface area contributed by atoms with Crippen molar-refractivity contribution >= 4 is 28.9 Å². The maximum Gasteiger partial charge on any atom is 0.377 e. The number of aryl methyl sites for hydroxylation is 1. The predicted octanol–water partition coefficient (Wildman–Crippen LogP) is 1.12. The molecule has 2 aromatic heterocycles.